The number of ether oxygens (including phenoxy) is 4. The molecule has 0 spiro atoms. The summed E-state index contributed by atoms with van der Waals surface area (Å²) in [5.41, 5.74) is 4.71. The van der Waals surface area contributed by atoms with Gasteiger partial charge in [-0.2, -0.15) is 5.26 Å². The molecule has 7 aromatic rings. The smallest absolute Gasteiger partial charge is 0.269 e. The molecule has 0 saturated carbocycles. The van der Waals surface area contributed by atoms with Crippen LogP contribution in [0.1, 0.15) is 70.0 Å². The molecule has 65 heavy (non-hydrogen) atoms. The predicted octanol–water partition coefficient (Wildman–Crippen LogP) is 9.94. The van der Waals surface area contributed by atoms with Crippen molar-refractivity contribution in [3.8, 4) is 39.5 Å². The van der Waals surface area contributed by atoms with Crippen LogP contribution in [0, 0.1) is 17.1 Å². The molecule has 0 aliphatic rings. The highest BCUT2D eigenvalue weighted by Crippen LogP contribution is 2.37. The van der Waals surface area contributed by atoms with Crippen molar-refractivity contribution in [3.63, 3.8) is 0 Å². The predicted molar refractivity (Wildman–Crippen MR) is 250 cm³/mol. The summed E-state index contributed by atoms with van der Waals surface area (Å²) in [5.74, 6) is 0.737. The maximum Gasteiger partial charge on any atom is 0.269 e. The van der Waals surface area contributed by atoms with Crippen LogP contribution < -0.4 is 34.9 Å². The number of methoxy groups -OCH3 is 4. The summed E-state index contributed by atoms with van der Waals surface area (Å²) in [6, 6.07) is 32.2. The number of anilines is 2. The zero-order chi connectivity index (χ0) is 46.9. The SMILES string of the molecule is COc1ccc(C(=O)Nc2ccc(C(C)(C)C#N)c(-c3cccs3)c2)cc1OC.COc1ccc(C(=O)Nc2ccc(C(C)(C)CNC(=O)c3cnc4ccc(F)cn34)cc2)cc1OC. The van der Waals surface area contributed by atoms with Crippen LogP contribution >= 0.6 is 11.3 Å². The number of halogens is 1. The van der Waals surface area contributed by atoms with Gasteiger partial charge in [-0.1, -0.05) is 38.1 Å². The van der Waals surface area contributed by atoms with Gasteiger partial charge in [0, 0.05) is 45.5 Å². The number of hydrogen-bond donors (Lipinski definition) is 3. The van der Waals surface area contributed by atoms with E-state index in [9.17, 15) is 24.0 Å². The highest BCUT2D eigenvalue weighted by molar-refractivity contribution is 7.13. The molecular formula is C50H49FN6O7S. The van der Waals surface area contributed by atoms with Crippen LogP contribution in [-0.2, 0) is 10.8 Å². The summed E-state index contributed by atoms with van der Waals surface area (Å²) in [4.78, 5) is 43.4. The number of carbonyl (C=O) groups is 3. The highest BCUT2D eigenvalue weighted by atomic mass is 32.1. The number of imidazole rings is 1. The average Bonchev–Trinajstić information content (AvgIpc) is 4.02. The molecule has 3 amide bonds. The number of hydrogen-bond acceptors (Lipinski definition) is 10. The maximum atomic E-state index is 13.6. The summed E-state index contributed by atoms with van der Waals surface area (Å²) in [6.45, 7) is 8.12. The molecular weight excluding hydrogens is 848 g/mol. The number of nitriles is 1. The Labute approximate surface area is 380 Å². The summed E-state index contributed by atoms with van der Waals surface area (Å²) in [5, 5.41) is 20.3. The molecule has 0 bridgehead atoms. The number of benzene rings is 4. The molecule has 0 radical (unpaired) electrons. The van der Waals surface area contributed by atoms with Gasteiger partial charge in [-0.25, -0.2) is 9.37 Å². The Morgan fingerprint density at radius 3 is 1.86 bits per heavy atom. The molecule has 0 unspecified atom stereocenters. The first-order valence-corrected chi connectivity index (χ1v) is 21.2. The van der Waals surface area contributed by atoms with E-state index in [1.807, 2.05) is 87.7 Å². The minimum atomic E-state index is -0.648. The van der Waals surface area contributed by atoms with Gasteiger partial charge in [0.25, 0.3) is 17.7 Å². The lowest BCUT2D eigenvalue weighted by Crippen LogP contribution is -2.37. The van der Waals surface area contributed by atoms with Crippen LogP contribution in [0.5, 0.6) is 23.0 Å². The third-order valence-corrected chi connectivity index (χ3v) is 11.5. The first kappa shape index (κ1) is 46.8. The highest BCUT2D eigenvalue weighted by Gasteiger charge is 2.26. The first-order chi connectivity index (χ1) is 31.1. The first-order valence-electron chi connectivity index (χ1n) is 20.3. The molecule has 0 aliphatic heterocycles. The summed E-state index contributed by atoms with van der Waals surface area (Å²) in [6.07, 6.45) is 2.66. The van der Waals surface area contributed by atoms with Gasteiger partial charge >= 0.3 is 0 Å². The molecule has 15 heteroatoms. The minimum Gasteiger partial charge on any atom is -0.493 e. The number of nitrogens with one attached hydrogen (secondary N) is 3. The van der Waals surface area contributed by atoms with E-state index in [4.69, 9.17) is 18.9 Å². The van der Waals surface area contributed by atoms with Gasteiger partial charge in [0.2, 0.25) is 0 Å². The van der Waals surface area contributed by atoms with Crippen LogP contribution in [0.2, 0.25) is 0 Å². The number of rotatable bonds is 14. The Morgan fingerprint density at radius 1 is 0.723 bits per heavy atom. The van der Waals surface area contributed by atoms with Crippen molar-refractivity contribution in [1.29, 1.82) is 5.26 Å². The Balaban J connectivity index is 0.000000221. The molecule has 7 rings (SSSR count). The lowest BCUT2D eigenvalue weighted by Gasteiger charge is -2.26. The Hall–Kier alpha value is -7.70. The lowest BCUT2D eigenvalue weighted by molar-refractivity contribution is 0.0938. The van der Waals surface area contributed by atoms with E-state index in [1.54, 1.807) is 54.8 Å². The van der Waals surface area contributed by atoms with Crippen molar-refractivity contribution in [3.05, 3.63) is 155 Å². The average molecular weight is 897 g/mol. The zero-order valence-electron chi connectivity index (χ0n) is 37.2. The van der Waals surface area contributed by atoms with Gasteiger partial charge in [0.05, 0.1) is 46.1 Å². The molecule has 13 nitrogen and oxygen atoms in total. The van der Waals surface area contributed by atoms with E-state index in [2.05, 4.69) is 27.0 Å². The number of aromatic nitrogens is 2. The fourth-order valence-corrected chi connectivity index (χ4v) is 7.60. The summed E-state index contributed by atoms with van der Waals surface area (Å²) < 4.78 is 36.0. The van der Waals surface area contributed by atoms with E-state index in [0.717, 1.165) is 21.6 Å². The van der Waals surface area contributed by atoms with Crippen LogP contribution in [0.15, 0.2) is 121 Å². The third kappa shape index (κ3) is 10.9. The normalized spacial score (nSPS) is 11.1. The molecule has 3 aromatic heterocycles. The van der Waals surface area contributed by atoms with Gasteiger partial charge in [-0.3, -0.25) is 18.8 Å². The van der Waals surface area contributed by atoms with E-state index >= 15 is 0 Å². The second kappa shape index (κ2) is 20.2. The quantitative estimate of drug-likeness (QED) is 0.0964. The van der Waals surface area contributed by atoms with E-state index in [-0.39, 0.29) is 23.4 Å². The topological polar surface area (TPSA) is 165 Å². The number of thiophene rings is 1. The van der Waals surface area contributed by atoms with Crippen molar-refractivity contribution in [2.24, 2.45) is 0 Å². The van der Waals surface area contributed by atoms with Crippen molar-refractivity contribution < 1.29 is 37.7 Å². The molecule has 4 aromatic carbocycles. The molecule has 334 valence electrons. The van der Waals surface area contributed by atoms with Gasteiger partial charge < -0.3 is 34.9 Å². The second-order valence-corrected chi connectivity index (χ2v) is 16.8. The van der Waals surface area contributed by atoms with E-state index in [0.29, 0.717) is 57.7 Å². The number of amides is 3. The van der Waals surface area contributed by atoms with Crippen molar-refractivity contribution in [2.75, 3.05) is 45.6 Å². The third-order valence-electron chi connectivity index (χ3n) is 10.6. The Bertz CT molecular complexity index is 2870. The number of nitrogens with zero attached hydrogens (tertiary/aromatic N) is 3. The van der Waals surface area contributed by atoms with Crippen molar-refractivity contribution in [1.82, 2.24) is 14.7 Å². The van der Waals surface area contributed by atoms with Gasteiger partial charge in [-0.05, 0) is 115 Å². The van der Waals surface area contributed by atoms with Crippen molar-refractivity contribution >= 4 is 46.1 Å². The summed E-state index contributed by atoms with van der Waals surface area (Å²) in [7, 11) is 6.13. The fourth-order valence-electron chi connectivity index (χ4n) is 6.85. The molecule has 0 aliphatic carbocycles. The molecule has 3 heterocycles. The number of pyridine rings is 1. The Morgan fingerprint density at radius 2 is 1.31 bits per heavy atom. The number of carbonyl (C=O) groups excluding carboxylic acids is 3. The van der Waals surface area contributed by atoms with Crippen molar-refractivity contribution in [2.45, 2.75) is 38.5 Å². The van der Waals surface area contributed by atoms with Crippen LogP contribution in [0.3, 0.4) is 0 Å². The second-order valence-electron chi connectivity index (χ2n) is 15.9. The van der Waals surface area contributed by atoms with Gasteiger partial charge in [0.15, 0.2) is 23.0 Å². The van der Waals surface area contributed by atoms with Crippen LogP contribution in [0.4, 0.5) is 15.8 Å². The minimum absolute atomic E-state index is 0.254. The summed E-state index contributed by atoms with van der Waals surface area (Å²) >= 11 is 1.60. The zero-order valence-corrected chi connectivity index (χ0v) is 38.1. The molecule has 3 N–H and O–H groups in total. The van der Waals surface area contributed by atoms with Gasteiger partial charge in [-0.15, -0.1) is 11.3 Å². The largest absolute Gasteiger partial charge is 0.493 e. The molecule has 0 atom stereocenters. The van der Waals surface area contributed by atoms with E-state index in [1.165, 1.54) is 50.3 Å². The monoisotopic (exact) mass is 896 g/mol. The van der Waals surface area contributed by atoms with Gasteiger partial charge in [0.1, 0.15) is 17.2 Å². The standard InChI is InChI=1S/C27H27FN4O4.C23H22N2O3S/c1-27(2,16-30-26(34)21-14-29-24-12-8-19(28)15-32(21)24)18-6-9-20(10-7-18)31-25(33)17-5-11-22(35-3)23(13-17)36-4;1-23(2,14-24)18-9-8-16(13-17(18)21-6-5-11-29-21)25-22(26)15-7-10-19(27-3)20(12-15)28-4/h5-15H,16H2,1-4H3,(H,30,34)(H,31,33);5-13H,1-4H3,(H,25,26). The molecule has 0 fully saturated rings. The van der Waals surface area contributed by atoms with Crippen LogP contribution in [0.25, 0.3) is 16.1 Å². The maximum absolute atomic E-state index is 13.6. The Kier molecular flexibility index (Phi) is 14.5. The van der Waals surface area contributed by atoms with E-state index < -0.39 is 16.6 Å². The van der Waals surface area contributed by atoms with Crippen LogP contribution in [-0.4, -0.2) is 62.1 Å². The number of fused-ring (bicyclic) bond motifs is 1. The fraction of sp³-hybridized carbons (Fsp3) is 0.220. The lowest BCUT2D eigenvalue weighted by atomic mass is 9.82. The molecule has 0 saturated heterocycles.